The smallest absolute Gasteiger partial charge is 0.00146 e. The molecule has 0 saturated carbocycles. The summed E-state index contributed by atoms with van der Waals surface area (Å²) in [4.78, 5) is 0. The van der Waals surface area contributed by atoms with Crippen molar-refractivity contribution >= 4 is 22.1 Å². The van der Waals surface area contributed by atoms with Crippen LogP contribution in [0.4, 0.5) is 0 Å². The lowest BCUT2D eigenvalue weighted by atomic mass is 9.93. The van der Waals surface area contributed by atoms with E-state index in [1.165, 1.54) is 33.0 Å². The number of benzene rings is 2. The zero-order valence-electron chi connectivity index (χ0n) is 10.0. The topological polar surface area (TPSA) is 0 Å². The number of rotatable bonds is 1. The Morgan fingerprint density at radius 2 is 1.76 bits per heavy atom. The first-order valence-electron chi connectivity index (χ1n) is 5.79. The van der Waals surface area contributed by atoms with Crippen LogP contribution in [-0.2, 0) is 0 Å². The van der Waals surface area contributed by atoms with E-state index >= 15 is 0 Å². The number of aryl methyl sites for hydroxylation is 1. The van der Waals surface area contributed by atoms with E-state index in [0.29, 0.717) is 0 Å². The maximum atomic E-state index is 2.31. The Bertz CT molecular complexity index is 663. The van der Waals surface area contributed by atoms with Gasteiger partial charge in [-0.05, 0) is 69.8 Å². The Kier molecular flexibility index (Phi) is 2.49. The van der Waals surface area contributed by atoms with Crippen LogP contribution in [0.5, 0.6) is 0 Å². The number of hydrogen-bond acceptors (Lipinski definition) is 1. The van der Waals surface area contributed by atoms with Gasteiger partial charge in [-0.25, -0.2) is 0 Å². The molecule has 0 N–H and O–H groups in total. The van der Waals surface area contributed by atoms with Gasteiger partial charge in [-0.1, -0.05) is 24.3 Å². The summed E-state index contributed by atoms with van der Waals surface area (Å²) in [6.07, 6.45) is 0. The Morgan fingerprint density at radius 1 is 0.941 bits per heavy atom. The summed E-state index contributed by atoms with van der Waals surface area (Å²) in [5.41, 5.74) is 5.48. The normalized spacial score (nSPS) is 10.9. The summed E-state index contributed by atoms with van der Waals surface area (Å²) in [5.74, 6) is 0. The van der Waals surface area contributed by atoms with Crippen molar-refractivity contribution in [1.29, 1.82) is 0 Å². The molecule has 0 amide bonds. The van der Waals surface area contributed by atoms with Crippen molar-refractivity contribution in [2.24, 2.45) is 0 Å². The summed E-state index contributed by atoms with van der Waals surface area (Å²) in [5, 5.41) is 7.05. The van der Waals surface area contributed by atoms with Gasteiger partial charge in [0.15, 0.2) is 0 Å². The molecule has 0 saturated heterocycles. The Labute approximate surface area is 106 Å². The van der Waals surface area contributed by atoms with Crippen LogP contribution in [0.1, 0.15) is 11.1 Å². The Morgan fingerprint density at radius 3 is 2.53 bits per heavy atom. The van der Waals surface area contributed by atoms with E-state index in [-0.39, 0.29) is 0 Å². The molecule has 3 rings (SSSR count). The lowest BCUT2D eigenvalue weighted by Gasteiger charge is -2.11. The number of thiophene rings is 1. The molecule has 0 spiro atoms. The largest absolute Gasteiger partial charge is 0.152 e. The van der Waals surface area contributed by atoms with Gasteiger partial charge in [-0.3, -0.25) is 0 Å². The molecule has 0 atom stereocenters. The second-order valence-corrected chi connectivity index (χ2v) is 5.19. The van der Waals surface area contributed by atoms with Crippen molar-refractivity contribution in [1.82, 2.24) is 0 Å². The van der Waals surface area contributed by atoms with Crippen LogP contribution < -0.4 is 0 Å². The van der Waals surface area contributed by atoms with E-state index in [0.717, 1.165) is 0 Å². The molecule has 0 unspecified atom stereocenters. The molecule has 0 fully saturated rings. The maximum absolute atomic E-state index is 2.31. The van der Waals surface area contributed by atoms with Crippen molar-refractivity contribution in [3.05, 3.63) is 58.3 Å². The van der Waals surface area contributed by atoms with Crippen molar-refractivity contribution in [2.45, 2.75) is 13.8 Å². The molecule has 0 aliphatic rings. The minimum atomic E-state index is 1.33. The lowest BCUT2D eigenvalue weighted by Crippen LogP contribution is -1.88. The maximum Gasteiger partial charge on any atom is -0.00146 e. The van der Waals surface area contributed by atoms with E-state index in [2.05, 4.69) is 61.0 Å². The molecule has 1 heteroatoms. The molecule has 3 aromatic rings. The van der Waals surface area contributed by atoms with Crippen molar-refractivity contribution in [2.75, 3.05) is 0 Å². The van der Waals surface area contributed by atoms with Crippen LogP contribution in [0.15, 0.2) is 47.2 Å². The average Bonchev–Trinajstić information content (AvgIpc) is 2.87. The molecule has 17 heavy (non-hydrogen) atoms. The SMILES string of the molecule is Cc1c(-c2ccsc2)cc2ccccc2c1C. The van der Waals surface area contributed by atoms with E-state index in [1.54, 1.807) is 11.3 Å². The van der Waals surface area contributed by atoms with Gasteiger partial charge in [0.1, 0.15) is 0 Å². The fourth-order valence-electron chi connectivity index (χ4n) is 2.35. The molecule has 0 bridgehead atoms. The lowest BCUT2D eigenvalue weighted by molar-refractivity contribution is 1.38. The van der Waals surface area contributed by atoms with E-state index < -0.39 is 0 Å². The molecule has 0 nitrogen and oxygen atoms in total. The van der Waals surface area contributed by atoms with Crippen LogP contribution in [-0.4, -0.2) is 0 Å². The third-order valence-electron chi connectivity index (χ3n) is 3.46. The van der Waals surface area contributed by atoms with Gasteiger partial charge in [0.05, 0.1) is 0 Å². The van der Waals surface area contributed by atoms with Crippen molar-refractivity contribution in [3.8, 4) is 11.1 Å². The summed E-state index contributed by atoms with van der Waals surface area (Å²) >= 11 is 1.75. The summed E-state index contributed by atoms with van der Waals surface area (Å²) < 4.78 is 0. The van der Waals surface area contributed by atoms with Crippen molar-refractivity contribution < 1.29 is 0 Å². The minimum absolute atomic E-state index is 1.33. The van der Waals surface area contributed by atoms with E-state index in [1.807, 2.05) is 0 Å². The minimum Gasteiger partial charge on any atom is -0.152 e. The van der Waals surface area contributed by atoms with Gasteiger partial charge in [0.25, 0.3) is 0 Å². The first-order valence-corrected chi connectivity index (χ1v) is 6.73. The van der Waals surface area contributed by atoms with Crippen LogP contribution in [0, 0.1) is 13.8 Å². The number of hydrogen-bond donors (Lipinski definition) is 0. The third-order valence-corrected chi connectivity index (χ3v) is 4.15. The predicted molar refractivity (Wildman–Crippen MR) is 76.7 cm³/mol. The van der Waals surface area contributed by atoms with Crippen LogP contribution in [0.2, 0.25) is 0 Å². The molecular formula is C16H14S. The summed E-state index contributed by atoms with van der Waals surface area (Å²) in [7, 11) is 0. The second-order valence-electron chi connectivity index (χ2n) is 4.41. The molecule has 1 heterocycles. The molecular weight excluding hydrogens is 224 g/mol. The molecule has 0 aliphatic carbocycles. The second kappa shape index (κ2) is 4.01. The zero-order valence-corrected chi connectivity index (χ0v) is 10.8. The highest BCUT2D eigenvalue weighted by Crippen LogP contribution is 2.32. The van der Waals surface area contributed by atoms with Crippen LogP contribution >= 0.6 is 11.3 Å². The fourth-order valence-corrected chi connectivity index (χ4v) is 3.01. The standard InChI is InChI=1S/C16H14S/c1-11-12(2)16(14-7-8-17-10-14)9-13-5-3-4-6-15(11)13/h3-10H,1-2H3. The first-order chi connectivity index (χ1) is 8.27. The third kappa shape index (κ3) is 1.67. The molecule has 2 aromatic carbocycles. The average molecular weight is 238 g/mol. The van der Waals surface area contributed by atoms with E-state index in [9.17, 15) is 0 Å². The van der Waals surface area contributed by atoms with Crippen LogP contribution in [0.3, 0.4) is 0 Å². The Hall–Kier alpha value is -1.60. The van der Waals surface area contributed by atoms with Gasteiger partial charge >= 0.3 is 0 Å². The quantitative estimate of drug-likeness (QED) is 0.547. The first kappa shape index (κ1) is 10.5. The summed E-state index contributed by atoms with van der Waals surface area (Å²) in [6, 6.07) is 13.1. The van der Waals surface area contributed by atoms with Crippen molar-refractivity contribution in [3.63, 3.8) is 0 Å². The monoisotopic (exact) mass is 238 g/mol. The van der Waals surface area contributed by atoms with Crippen LogP contribution in [0.25, 0.3) is 21.9 Å². The molecule has 1 aromatic heterocycles. The molecule has 0 radical (unpaired) electrons. The zero-order chi connectivity index (χ0) is 11.8. The van der Waals surface area contributed by atoms with Gasteiger partial charge in [0.2, 0.25) is 0 Å². The highest BCUT2D eigenvalue weighted by molar-refractivity contribution is 7.08. The van der Waals surface area contributed by atoms with E-state index in [4.69, 9.17) is 0 Å². The number of fused-ring (bicyclic) bond motifs is 1. The van der Waals surface area contributed by atoms with Gasteiger partial charge in [-0.2, -0.15) is 11.3 Å². The fraction of sp³-hybridized carbons (Fsp3) is 0.125. The summed E-state index contributed by atoms with van der Waals surface area (Å²) in [6.45, 7) is 4.43. The predicted octanol–water partition coefficient (Wildman–Crippen LogP) is 5.19. The van der Waals surface area contributed by atoms with Gasteiger partial charge in [-0.15, -0.1) is 0 Å². The van der Waals surface area contributed by atoms with Gasteiger partial charge in [0, 0.05) is 0 Å². The molecule has 0 aliphatic heterocycles. The molecule has 84 valence electrons. The highest BCUT2D eigenvalue weighted by Gasteiger charge is 2.08. The Balaban J connectivity index is 2.37. The van der Waals surface area contributed by atoms with Gasteiger partial charge < -0.3 is 0 Å². The highest BCUT2D eigenvalue weighted by atomic mass is 32.1.